The van der Waals surface area contributed by atoms with Gasteiger partial charge in [-0.05, 0) is 32.3 Å². The molecule has 1 aliphatic rings. The van der Waals surface area contributed by atoms with Crippen LogP contribution in [0.25, 0.3) is 0 Å². The number of rotatable bonds is 4. The van der Waals surface area contributed by atoms with Gasteiger partial charge in [0.05, 0.1) is 24.2 Å². The molecule has 0 amide bonds. The molecule has 0 N–H and O–H groups in total. The number of nitriles is 1. The van der Waals surface area contributed by atoms with Gasteiger partial charge in [0, 0.05) is 0 Å². The largest absolute Gasteiger partial charge is 0.370 e. The Kier molecular flexibility index (Phi) is 3.26. The molecule has 1 heterocycles. The van der Waals surface area contributed by atoms with Gasteiger partial charge in [-0.3, -0.25) is 0 Å². The first-order chi connectivity index (χ1) is 7.70. The number of hydrogen-bond donors (Lipinski definition) is 0. The van der Waals surface area contributed by atoms with Crippen molar-refractivity contribution in [1.29, 1.82) is 5.26 Å². The van der Waals surface area contributed by atoms with Crippen LogP contribution in [0.15, 0.2) is 24.3 Å². The molecule has 84 valence electrons. The molecule has 0 aliphatic carbocycles. The minimum absolute atomic E-state index is 0.0111. The maximum atomic E-state index is 9.16. The second-order valence-corrected chi connectivity index (χ2v) is 4.55. The van der Waals surface area contributed by atoms with Gasteiger partial charge in [-0.1, -0.05) is 29.8 Å². The number of nitrogens with zero attached hydrogens (tertiary/aromatic N) is 1. The van der Waals surface area contributed by atoms with Crippen LogP contribution in [0, 0.1) is 18.3 Å². The van der Waals surface area contributed by atoms with Crippen molar-refractivity contribution in [2.24, 2.45) is 0 Å². The van der Waals surface area contributed by atoms with Crippen LogP contribution < -0.4 is 0 Å². The fourth-order valence-electron chi connectivity index (χ4n) is 1.97. The highest BCUT2D eigenvalue weighted by atomic mass is 16.6. The second-order valence-electron chi connectivity index (χ2n) is 4.55. The third-order valence-electron chi connectivity index (χ3n) is 3.21. The highest BCUT2D eigenvalue weighted by Gasteiger charge is 2.34. The average Bonchev–Trinajstić information content (AvgIpc) is 2.98. The Morgan fingerprint density at radius 1 is 1.38 bits per heavy atom. The zero-order valence-electron chi connectivity index (χ0n) is 9.81. The normalized spacial score (nSPS) is 24.8. The second kappa shape index (κ2) is 4.67. The molecule has 2 rings (SSSR count). The lowest BCUT2D eigenvalue weighted by atomic mass is 9.94. The summed E-state index contributed by atoms with van der Waals surface area (Å²) in [4.78, 5) is 0. The van der Waals surface area contributed by atoms with Crippen molar-refractivity contribution >= 4 is 0 Å². The van der Waals surface area contributed by atoms with Crippen molar-refractivity contribution in [1.82, 2.24) is 0 Å². The molecule has 0 bridgehead atoms. The van der Waals surface area contributed by atoms with Gasteiger partial charge in [0.15, 0.2) is 0 Å². The molecule has 0 aromatic heterocycles. The summed E-state index contributed by atoms with van der Waals surface area (Å²) in [5.41, 5.74) is 2.36. The van der Waals surface area contributed by atoms with E-state index >= 15 is 0 Å². The van der Waals surface area contributed by atoms with E-state index in [1.54, 1.807) is 0 Å². The van der Waals surface area contributed by atoms with Crippen molar-refractivity contribution in [3.63, 3.8) is 0 Å². The third kappa shape index (κ3) is 2.62. The molecule has 0 saturated carbocycles. The van der Waals surface area contributed by atoms with Crippen LogP contribution in [0.4, 0.5) is 0 Å². The van der Waals surface area contributed by atoms with Gasteiger partial charge in [-0.2, -0.15) is 5.26 Å². The van der Waals surface area contributed by atoms with Crippen LogP contribution in [0.2, 0.25) is 0 Å². The Bertz CT molecular complexity index is 390. The third-order valence-corrected chi connectivity index (χ3v) is 3.21. The van der Waals surface area contributed by atoms with Crippen LogP contribution in [0.5, 0.6) is 0 Å². The van der Waals surface area contributed by atoms with Gasteiger partial charge in [-0.25, -0.2) is 0 Å². The monoisotopic (exact) mass is 215 g/mol. The van der Waals surface area contributed by atoms with Crippen molar-refractivity contribution in [2.75, 3.05) is 0 Å². The Labute approximate surface area is 96.9 Å². The summed E-state index contributed by atoms with van der Waals surface area (Å²) >= 11 is 0. The standard InChI is InChI=1S/C14H17NO/c1-10-3-5-12(6-4-10)13(9-15)7-8-14-11(2)16-14/h3-6,11,13-14H,7-8H2,1-2H3/t11-,13?,14-/m1/s1. The Morgan fingerprint density at radius 2 is 2.00 bits per heavy atom. The first-order valence-electron chi connectivity index (χ1n) is 5.82. The lowest BCUT2D eigenvalue weighted by Gasteiger charge is -2.08. The van der Waals surface area contributed by atoms with Crippen molar-refractivity contribution in [2.45, 2.75) is 44.8 Å². The quantitative estimate of drug-likeness (QED) is 0.723. The Balaban J connectivity index is 1.94. The molecule has 3 atom stereocenters. The molecule has 1 aliphatic heterocycles. The summed E-state index contributed by atoms with van der Waals surface area (Å²) in [6, 6.07) is 10.6. The summed E-state index contributed by atoms with van der Waals surface area (Å²) in [5.74, 6) is 0.0111. The van der Waals surface area contributed by atoms with E-state index in [4.69, 9.17) is 10.00 Å². The molecule has 1 saturated heterocycles. The molecular weight excluding hydrogens is 198 g/mol. The SMILES string of the molecule is Cc1ccc(C(C#N)CC[C@H]2O[C@@H]2C)cc1. The lowest BCUT2D eigenvalue weighted by Crippen LogP contribution is -1.99. The van der Waals surface area contributed by atoms with Crippen LogP contribution in [0.3, 0.4) is 0 Å². The maximum Gasteiger partial charge on any atom is 0.0839 e. The van der Waals surface area contributed by atoms with Gasteiger partial charge in [-0.15, -0.1) is 0 Å². The molecule has 16 heavy (non-hydrogen) atoms. The summed E-state index contributed by atoms with van der Waals surface area (Å²) in [7, 11) is 0. The number of ether oxygens (including phenoxy) is 1. The zero-order valence-corrected chi connectivity index (χ0v) is 9.81. The highest BCUT2D eigenvalue weighted by Crippen LogP contribution is 2.30. The van der Waals surface area contributed by atoms with Crippen molar-refractivity contribution in [3.8, 4) is 6.07 Å². The van der Waals surface area contributed by atoms with E-state index in [0.29, 0.717) is 12.2 Å². The molecule has 1 unspecified atom stereocenters. The Morgan fingerprint density at radius 3 is 2.50 bits per heavy atom. The smallest absolute Gasteiger partial charge is 0.0839 e. The minimum atomic E-state index is 0.0111. The van der Waals surface area contributed by atoms with Crippen LogP contribution in [-0.2, 0) is 4.74 Å². The molecule has 2 heteroatoms. The van der Waals surface area contributed by atoms with Crippen LogP contribution >= 0.6 is 0 Å². The van der Waals surface area contributed by atoms with E-state index in [1.807, 2.05) is 0 Å². The number of epoxide rings is 1. The molecule has 0 radical (unpaired) electrons. The van der Waals surface area contributed by atoms with Gasteiger partial charge in [0.2, 0.25) is 0 Å². The molecule has 2 nitrogen and oxygen atoms in total. The maximum absolute atomic E-state index is 9.16. The van der Waals surface area contributed by atoms with E-state index in [2.05, 4.69) is 44.2 Å². The molecule has 0 spiro atoms. The van der Waals surface area contributed by atoms with E-state index in [-0.39, 0.29) is 5.92 Å². The van der Waals surface area contributed by atoms with Gasteiger partial charge >= 0.3 is 0 Å². The summed E-state index contributed by atoms with van der Waals surface area (Å²) < 4.78 is 5.36. The van der Waals surface area contributed by atoms with Crippen molar-refractivity contribution in [3.05, 3.63) is 35.4 Å². The fraction of sp³-hybridized carbons (Fsp3) is 0.500. The van der Waals surface area contributed by atoms with E-state index in [9.17, 15) is 0 Å². The molecule has 1 fully saturated rings. The van der Waals surface area contributed by atoms with Crippen LogP contribution in [-0.4, -0.2) is 12.2 Å². The van der Waals surface area contributed by atoms with Gasteiger partial charge in [0.25, 0.3) is 0 Å². The summed E-state index contributed by atoms with van der Waals surface area (Å²) in [6.07, 6.45) is 2.68. The molecule has 1 aromatic carbocycles. The molecular formula is C14H17NO. The van der Waals surface area contributed by atoms with E-state index in [1.165, 1.54) is 5.56 Å². The zero-order chi connectivity index (χ0) is 11.5. The summed E-state index contributed by atoms with van der Waals surface area (Å²) in [6.45, 7) is 4.14. The lowest BCUT2D eigenvalue weighted by molar-refractivity contribution is 0.365. The first-order valence-corrected chi connectivity index (χ1v) is 5.82. The number of aryl methyl sites for hydroxylation is 1. The van der Waals surface area contributed by atoms with Crippen molar-refractivity contribution < 1.29 is 4.74 Å². The number of hydrogen-bond acceptors (Lipinski definition) is 2. The van der Waals surface area contributed by atoms with E-state index in [0.717, 1.165) is 18.4 Å². The summed E-state index contributed by atoms with van der Waals surface area (Å²) in [5, 5.41) is 9.16. The average molecular weight is 215 g/mol. The fourth-order valence-corrected chi connectivity index (χ4v) is 1.97. The van der Waals surface area contributed by atoms with Gasteiger partial charge in [0.1, 0.15) is 0 Å². The predicted molar refractivity (Wildman–Crippen MR) is 63.1 cm³/mol. The first kappa shape index (κ1) is 11.2. The number of benzene rings is 1. The van der Waals surface area contributed by atoms with E-state index < -0.39 is 0 Å². The Hall–Kier alpha value is -1.33. The van der Waals surface area contributed by atoms with Gasteiger partial charge < -0.3 is 4.74 Å². The highest BCUT2D eigenvalue weighted by molar-refractivity contribution is 5.28. The topological polar surface area (TPSA) is 36.3 Å². The predicted octanol–water partition coefficient (Wildman–Crippen LogP) is 3.17. The van der Waals surface area contributed by atoms with Crippen LogP contribution in [0.1, 0.15) is 36.8 Å². The molecule has 1 aromatic rings. The minimum Gasteiger partial charge on any atom is -0.370 e.